The number of aromatic nitrogens is 2. The van der Waals surface area contributed by atoms with Gasteiger partial charge in [-0.05, 0) is 26.8 Å². The molecule has 8 heteroatoms. The number of rotatable bonds is 1. The summed E-state index contributed by atoms with van der Waals surface area (Å²) in [5, 5.41) is 7.28. The van der Waals surface area contributed by atoms with Gasteiger partial charge in [-0.3, -0.25) is 9.59 Å². The summed E-state index contributed by atoms with van der Waals surface area (Å²) in [6.07, 6.45) is -0.378. The van der Waals surface area contributed by atoms with E-state index >= 15 is 0 Å². The number of hydrogen-bond donors (Lipinski definition) is 1. The van der Waals surface area contributed by atoms with E-state index in [1.807, 2.05) is 20.8 Å². The second-order valence-corrected chi connectivity index (χ2v) is 7.21. The molecule has 1 aromatic carbocycles. The van der Waals surface area contributed by atoms with Gasteiger partial charge >= 0.3 is 6.09 Å². The highest BCUT2D eigenvalue weighted by Gasteiger charge is 2.29. The molecule has 1 aliphatic rings. The molecule has 2 aromatic rings. The number of nitrogens with one attached hydrogen (secondary N) is 1. The zero-order valence-corrected chi connectivity index (χ0v) is 15.1. The molecule has 0 radical (unpaired) electrons. The van der Waals surface area contributed by atoms with Crippen LogP contribution in [-0.4, -0.2) is 63.8 Å². The summed E-state index contributed by atoms with van der Waals surface area (Å²) in [5.74, 6) is -0.263. The molecule has 26 heavy (non-hydrogen) atoms. The summed E-state index contributed by atoms with van der Waals surface area (Å²) in [6, 6.07) is 6.88. The van der Waals surface area contributed by atoms with Gasteiger partial charge in [0.05, 0.1) is 5.39 Å². The largest absolute Gasteiger partial charge is 0.444 e. The Balaban J connectivity index is 1.73. The Morgan fingerprint density at radius 3 is 2.23 bits per heavy atom. The van der Waals surface area contributed by atoms with E-state index < -0.39 is 5.60 Å². The van der Waals surface area contributed by atoms with Crippen LogP contribution in [0.15, 0.2) is 29.1 Å². The molecule has 0 unspecified atom stereocenters. The van der Waals surface area contributed by atoms with Crippen molar-refractivity contribution in [3.63, 3.8) is 0 Å². The number of H-pyrrole nitrogens is 1. The van der Waals surface area contributed by atoms with E-state index in [2.05, 4.69) is 10.2 Å². The lowest BCUT2D eigenvalue weighted by Crippen LogP contribution is -2.51. The van der Waals surface area contributed by atoms with Gasteiger partial charge in [0.15, 0.2) is 5.69 Å². The molecule has 0 bridgehead atoms. The molecule has 0 spiro atoms. The SMILES string of the molecule is CC(C)(C)OC(=O)N1CCN(C(=O)c2n[nH]c(=O)c3ccccc23)CC1. The zero-order valence-electron chi connectivity index (χ0n) is 15.1. The number of carbonyl (C=O) groups excluding carboxylic acids is 2. The third kappa shape index (κ3) is 3.68. The number of hydrogen-bond acceptors (Lipinski definition) is 5. The smallest absolute Gasteiger partial charge is 0.410 e. The van der Waals surface area contributed by atoms with Crippen LogP contribution in [0.3, 0.4) is 0 Å². The van der Waals surface area contributed by atoms with Gasteiger partial charge in [0.2, 0.25) is 0 Å². The molecule has 1 saturated heterocycles. The van der Waals surface area contributed by atoms with Crippen molar-refractivity contribution < 1.29 is 14.3 Å². The number of carbonyl (C=O) groups is 2. The molecule has 138 valence electrons. The minimum absolute atomic E-state index is 0.214. The molecule has 0 saturated carbocycles. The number of benzene rings is 1. The van der Waals surface area contributed by atoms with Crippen LogP contribution in [-0.2, 0) is 4.74 Å². The lowest BCUT2D eigenvalue weighted by Gasteiger charge is -2.35. The summed E-state index contributed by atoms with van der Waals surface area (Å²) in [5.41, 5.74) is -0.666. The van der Waals surface area contributed by atoms with E-state index in [0.29, 0.717) is 37.0 Å². The number of piperazine rings is 1. The fourth-order valence-corrected chi connectivity index (χ4v) is 2.85. The summed E-state index contributed by atoms with van der Waals surface area (Å²) >= 11 is 0. The van der Waals surface area contributed by atoms with Crippen LogP contribution in [0.4, 0.5) is 4.79 Å². The van der Waals surface area contributed by atoms with Crippen molar-refractivity contribution in [2.45, 2.75) is 26.4 Å². The van der Waals surface area contributed by atoms with E-state index in [1.165, 1.54) is 0 Å². The van der Waals surface area contributed by atoms with E-state index in [1.54, 1.807) is 34.1 Å². The minimum atomic E-state index is -0.553. The third-order valence-electron chi connectivity index (χ3n) is 4.12. The van der Waals surface area contributed by atoms with Crippen molar-refractivity contribution in [1.29, 1.82) is 0 Å². The van der Waals surface area contributed by atoms with Crippen LogP contribution in [0.5, 0.6) is 0 Å². The van der Waals surface area contributed by atoms with Crippen molar-refractivity contribution in [2.24, 2.45) is 0 Å². The van der Waals surface area contributed by atoms with Gasteiger partial charge in [0.25, 0.3) is 11.5 Å². The average molecular weight is 358 g/mol. The number of amides is 2. The van der Waals surface area contributed by atoms with Crippen LogP contribution in [0.2, 0.25) is 0 Å². The predicted octanol–water partition coefficient (Wildman–Crippen LogP) is 1.62. The molecule has 2 amide bonds. The third-order valence-corrected chi connectivity index (χ3v) is 4.12. The standard InChI is InChI=1S/C18H22N4O4/c1-18(2,3)26-17(25)22-10-8-21(9-11-22)16(24)14-12-6-4-5-7-13(12)15(23)20-19-14/h4-7H,8-11H2,1-3H3,(H,20,23). The second kappa shape index (κ2) is 6.78. The van der Waals surface area contributed by atoms with Crippen LogP contribution in [0.25, 0.3) is 10.8 Å². The quantitative estimate of drug-likeness (QED) is 0.836. The zero-order chi connectivity index (χ0) is 18.9. The van der Waals surface area contributed by atoms with Gasteiger partial charge in [-0.25, -0.2) is 9.89 Å². The van der Waals surface area contributed by atoms with Crippen molar-refractivity contribution in [3.8, 4) is 0 Å². The Bertz CT molecular complexity index is 892. The Morgan fingerprint density at radius 2 is 1.62 bits per heavy atom. The van der Waals surface area contributed by atoms with Crippen molar-refractivity contribution in [2.75, 3.05) is 26.2 Å². The maximum Gasteiger partial charge on any atom is 0.410 e. The van der Waals surface area contributed by atoms with Gasteiger partial charge in [-0.2, -0.15) is 5.10 Å². The molecule has 0 atom stereocenters. The van der Waals surface area contributed by atoms with Gasteiger partial charge in [-0.15, -0.1) is 0 Å². The number of ether oxygens (including phenoxy) is 1. The molecule has 1 aromatic heterocycles. The fourth-order valence-electron chi connectivity index (χ4n) is 2.85. The first kappa shape index (κ1) is 17.9. The summed E-state index contributed by atoms with van der Waals surface area (Å²) in [7, 11) is 0. The molecular formula is C18H22N4O4. The van der Waals surface area contributed by atoms with Crippen molar-refractivity contribution in [3.05, 3.63) is 40.3 Å². The highest BCUT2D eigenvalue weighted by molar-refractivity contribution is 6.04. The molecule has 1 aliphatic heterocycles. The van der Waals surface area contributed by atoms with Gasteiger partial charge < -0.3 is 14.5 Å². The average Bonchev–Trinajstić information content (AvgIpc) is 2.60. The number of aromatic amines is 1. The van der Waals surface area contributed by atoms with Gasteiger partial charge in [0.1, 0.15) is 5.60 Å². The van der Waals surface area contributed by atoms with E-state index in [4.69, 9.17) is 4.74 Å². The predicted molar refractivity (Wildman–Crippen MR) is 96.1 cm³/mol. The molecule has 1 fully saturated rings. The number of fused-ring (bicyclic) bond motifs is 1. The normalized spacial score (nSPS) is 15.2. The molecule has 3 rings (SSSR count). The highest BCUT2D eigenvalue weighted by atomic mass is 16.6. The monoisotopic (exact) mass is 358 g/mol. The van der Waals surface area contributed by atoms with Crippen LogP contribution < -0.4 is 5.56 Å². The first-order chi connectivity index (χ1) is 12.3. The Labute approximate surface area is 150 Å². The number of nitrogens with zero attached hydrogens (tertiary/aromatic N) is 3. The Kier molecular flexibility index (Phi) is 4.67. The first-order valence-corrected chi connectivity index (χ1v) is 8.51. The minimum Gasteiger partial charge on any atom is -0.444 e. The molecule has 0 aliphatic carbocycles. The fraction of sp³-hybridized carbons (Fsp3) is 0.444. The van der Waals surface area contributed by atoms with Crippen LogP contribution in [0, 0.1) is 0 Å². The van der Waals surface area contributed by atoms with Gasteiger partial charge in [-0.1, -0.05) is 18.2 Å². The van der Waals surface area contributed by atoms with E-state index in [-0.39, 0.29) is 23.3 Å². The molecule has 1 N–H and O–H groups in total. The summed E-state index contributed by atoms with van der Waals surface area (Å²) in [4.78, 5) is 40.0. The van der Waals surface area contributed by atoms with E-state index in [0.717, 1.165) is 0 Å². The second-order valence-electron chi connectivity index (χ2n) is 7.21. The molecular weight excluding hydrogens is 336 g/mol. The maximum absolute atomic E-state index is 12.8. The van der Waals surface area contributed by atoms with Crippen LogP contribution >= 0.6 is 0 Å². The van der Waals surface area contributed by atoms with Crippen LogP contribution in [0.1, 0.15) is 31.3 Å². The summed E-state index contributed by atoms with van der Waals surface area (Å²) < 4.78 is 5.36. The first-order valence-electron chi connectivity index (χ1n) is 8.51. The lowest BCUT2D eigenvalue weighted by atomic mass is 10.1. The van der Waals surface area contributed by atoms with E-state index in [9.17, 15) is 14.4 Å². The summed E-state index contributed by atoms with van der Waals surface area (Å²) in [6.45, 7) is 7.00. The Morgan fingerprint density at radius 1 is 1.04 bits per heavy atom. The maximum atomic E-state index is 12.8. The van der Waals surface area contributed by atoms with Crippen molar-refractivity contribution >= 4 is 22.8 Å². The highest BCUT2D eigenvalue weighted by Crippen LogP contribution is 2.16. The Hall–Kier alpha value is -2.90. The van der Waals surface area contributed by atoms with Crippen molar-refractivity contribution in [1.82, 2.24) is 20.0 Å². The lowest BCUT2D eigenvalue weighted by molar-refractivity contribution is 0.0140. The molecule has 8 nitrogen and oxygen atoms in total. The molecule has 2 heterocycles. The topological polar surface area (TPSA) is 95.6 Å². The van der Waals surface area contributed by atoms with Gasteiger partial charge in [0, 0.05) is 31.6 Å².